The highest BCUT2D eigenvalue weighted by atomic mass is 32.2. The van der Waals surface area contributed by atoms with Crippen molar-refractivity contribution >= 4 is 21.7 Å². The van der Waals surface area contributed by atoms with E-state index in [2.05, 4.69) is 10.3 Å². The van der Waals surface area contributed by atoms with Gasteiger partial charge in [0.05, 0.1) is 10.6 Å². The Morgan fingerprint density at radius 3 is 2.45 bits per heavy atom. The lowest BCUT2D eigenvalue weighted by Crippen LogP contribution is -2.60. The predicted molar refractivity (Wildman–Crippen MR) is 108 cm³/mol. The summed E-state index contributed by atoms with van der Waals surface area (Å²) < 4.78 is 25.1. The fourth-order valence-electron chi connectivity index (χ4n) is 3.33. The van der Waals surface area contributed by atoms with Crippen molar-refractivity contribution in [1.29, 1.82) is 0 Å². The number of aromatic nitrogens is 1. The average molecular weight is 417 g/mol. The number of hydrogen-bond donors (Lipinski definition) is 1. The van der Waals surface area contributed by atoms with E-state index in [0.717, 1.165) is 0 Å². The summed E-state index contributed by atoms with van der Waals surface area (Å²) in [5.74, 6) is -0.559. The summed E-state index contributed by atoms with van der Waals surface area (Å²) in [4.78, 5) is 32.9. The van der Waals surface area contributed by atoms with Gasteiger partial charge in [-0.25, -0.2) is 8.42 Å². The van der Waals surface area contributed by atoms with Crippen LogP contribution in [0.1, 0.15) is 10.4 Å². The molecule has 1 aromatic carbocycles. The second kappa shape index (κ2) is 9.15. The number of carbonyl (C=O) groups excluding carboxylic acids is 2. The largest absolute Gasteiger partial charge is 0.357 e. The predicted octanol–water partition coefficient (Wildman–Crippen LogP) is 0.428. The van der Waals surface area contributed by atoms with Gasteiger partial charge in [0.15, 0.2) is 9.84 Å². The molecule has 1 unspecified atom stereocenters. The standard InChI is InChI=1S/C20H24N4O4S/c1-21-19(25)18-15-23(13-14-29(27,28)17-5-3-2-4-6-17)11-12-24(18)20(26)16-7-9-22-10-8-16/h2-10,18H,11-15H2,1H3,(H,21,25). The molecular weight excluding hydrogens is 392 g/mol. The summed E-state index contributed by atoms with van der Waals surface area (Å²) in [6, 6.07) is 10.8. The summed E-state index contributed by atoms with van der Waals surface area (Å²) >= 11 is 0. The lowest BCUT2D eigenvalue weighted by molar-refractivity contribution is -0.127. The molecule has 0 saturated carbocycles. The minimum absolute atomic E-state index is 0.0459. The first-order chi connectivity index (χ1) is 13.9. The highest BCUT2D eigenvalue weighted by molar-refractivity contribution is 7.91. The zero-order valence-corrected chi connectivity index (χ0v) is 17.0. The van der Waals surface area contributed by atoms with Crippen molar-refractivity contribution < 1.29 is 18.0 Å². The van der Waals surface area contributed by atoms with Gasteiger partial charge in [0.1, 0.15) is 6.04 Å². The molecular formula is C20H24N4O4S. The highest BCUT2D eigenvalue weighted by Gasteiger charge is 2.35. The summed E-state index contributed by atoms with van der Waals surface area (Å²) in [6.07, 6.45) is 3.07. The zero-order valence-electron chi connectivity index (χ0n) is 16.2. The quantitative estimate of drug-likeness (QED) is 0.733. The molecule has 2 amide bonds. The fraction of sp³-hybridized carbons (Fsp3) is 0.350. The van der Waals surface area contributed by atoms with Crippen LogP contribution in [0, 0.1) is 0 Å². The molecule has 2 heterocycles. The van der Waals surface area contributed by atoms with Gasteiger partial charge in [-0.05, 0) is 24.3 Å². The smallest absolute Gasteiger partial charge is 0.254 e. The first kappa shape index (κ1) is 20.9. The van der Waals surface area contributed by atoms with E-state index in [0.29, 0.717) is 25.2 Å². The van der Waals surface area contributed by atoms with Gasteiger partial charge >= 0.3 is 0 Å². The molecule has 29 heavy (non-hydrogen) atoms. The average Bonchev–Trinajstić information content (AvgIpc) is 2.77. The molecule has 0 radical (unpaired) electrons. The molecule has 2 aromatic rings. The molecule has 0 aliphatic carbocycles. The van der Waals surface area contributed by atoms with Crippen LogP contribution >= 0.6 is 0 Å². The maximum Gasteiger partial charge on any atom is 0.254 e. The number of benzene rings is 1. The number of hydrogen-bond acceptors (Lipinski definition) is 6. The van der Waals surface area contributed by atoms with Gasteiger partial charge < -0.3 is 10.2 Å². The van der Waals surface area contributed by atoms with Gasteiger partial charge in [-0.2, -0.15) is 0 Å². The lowest BCUT2D eigenvalue weighted by Gasteiger charge is -2.40. The third-order valence-corrected chi connectivity index (χ3v) is 6.69. The first-order valence-corrected chi connectivity index (χ1v) is 11.0. The van der Waals surface area contributed by atoms with Crippen molar-refractivity contribution in [3.8, 4) is 0 Å². The third kappa shape index (κ3) is 4.99. The van der Waals surface area contributed by atoms with E-state index in [9.17, 15) is 18.0 Å². The van der Waals surface area contributed by atoms with Crippen molar-refractivity contribution in [2.75, 3.05) is 39.0 Å². The zero-order chi connectivity index (χ0) is 20.9. The van der Waals surface area contributed by atoms with Crippen LogP contribution in [0.2, 0.25) is 0 Å². The molecule has 1 aliphatic heterocycles. The highest BCUT2D eigenvalue weighted by Crippen LogP contribution is 2.16. The maximum atomic E-state index is 12.8. The van der Waals surface area contributed by atoms with Crippen LogP contribution in [0.4, 0.5) is 0 Å². The van der Waals surface area contributed by atoms with Crippen molar-refractivity contribution in [3.63, 3.8) is 0 Å². The van der Waals surface area contributed by atoms with Gasteiger partial charge in [-0.15, -0.1) is 0 Å². The van der Waals surface area contributed by atoms with Crippen LogP contribution < -0.4 is 5.32 Å². The second-order valence-electron chi connectivity index (χ2n) is 6.80. The van der Waals surface area contributed by atoms with E-state index in [1.54, 1.807) is 42.5 Å². The van der Waals surface area contributed by atoms with Gasteiger partial charge in [0, 0.05) is 51.2 Å². The number of carbonyl (C=O) groups is 2. The van der Waals surface area contributed by atoms with E-state index in [1.807, 2.05) is 4.90 Å². The Kier molecular flexibility index (Phi) is 6.60. The van der Waals surface area contributed by atoms with Gasteiger partial charge in [-0.3, -0.25) is 19.5 Å². The monoisotopic (exact) mass is 416 g/mol. The first-order valence-electron chi connectivity index (χ1n) is 9.35. The Bertz CT molecular complexity index is 951. The topological polar surface area (TPSA) is 99.7 Å². The number of piperazine rings is 1. The number of nitrogens with zero attached hydrogens (tertiary/aromatic N) is 3. The molecule has 0 bridgehead atoms. The maximum absolute atomic E-state index is 12.8. The Balaban J connectivity index is 1.69. The molecule has 1 aromatic heterocycles. The van der Waals surface area contributed by atoms with Crippen LogP contribution in [0.15, 0.2) is 59.8 Å². The van der Waals surface area contributed by atoms with Crippen molar-refractivity contribution in [2.45, 2.75) is 10.9 Å². The number of pyridine rings is 1. The third-order valence-electron chi connectivity index (χ3n) is 4.98. The SMILES string of the molecule is CNC(=O)C1CN(CCS(=O)(=O)c2ccccc2)CCN1C(=O)c1ccncc1. The van der Waals surface area contributed by atoms with Crippen LogP contribution in [0.3, 0.4) is 0 Å². The van der Waals surface area contributed by atoms with Crippen LogP contribution in [-0.4, -0.2) is 80.0 Å². The van der Waals surface area contributed by atoms with Crippen molar-refractivity contribution in [3.05, 3.63) is 60.4 Å². The summed E-state index contributed by atoms with van der Waals surface area (Å²) in [7, 11) is -1.88. The molecule has 1 fully saturated rings. The van der Waals surface area contributed by atoms with E-state index >= 15 is 0 Å². The molecule has 1 N–H and O–H groups in total. The molecule has 1 atom stereocenters. The number of likely N-dealkylation sites (N-methyl/N-ethyl adjacent to an activating group) is 1. The van der Waals surface area contributed by atoms with Gasteiger partial charge in [-0.1, -0.05) is 18.2 Å². The van der Waals surface area contributed by atoms with Gasteiger partial charge in [0.2, 0.25) is 5.91 Å². The summed E-state index contributed by atoms with van der Waals surface area (Å²) in [5, 5.41) is 2.60. The molecule has 154 valence electrons. The molecule has 1 saturated heterocycles. The van der Waals surface area contributed by atoms with E-state index in [-0.39, 0.29) is 29.0 Å². The van der Waals surface area contributed by atoms with Crippen LogP contribution in [0.5, 0.6) is 0 Å². The number of nitrogens with one attached hydrogen (secondary N) is 1. The molecule has 8 nitrogen and oxygen atoms in total. The molecule has 0 spiro atoms. The number of amides is 2. The summed E-state index contributed by atoms with van der Waals surface area (Å²) in [5.41, 5.74) is 0.467. The molecule has 9 heteroatoms. The second-order valence-corrected chi connectivity index (χ2v) is 8.91. The van der Waals surface area contributed by atoms with E-state index in [4.69, 9.17) is 0 Å². The van der Waals surface area contributed by atoms with E-state index in [1.165, 1.54) is 24.3 Å². The summed E-state index contributed by atoms with van der Waals surface area (Å²) in [6.45, 7) is 1.40. The Labute approximate surface area is 170 Å². The van der Waals surface area contributed by atoms with E-state index < -0.39 is 15.9 Å². The number of sulfone groups is 1. The fourth-order valence-corrected chi connectivity index (χ4v) is 4.64. The van der Waals surface area contributed by atoms with Crippen LogP contribution in [0.25, 0.3) is 0 Å². The Morgan fingerprint density at radius 2 is 1.79 bits per heavy atom. The number of rotatable bonds is 6. The molecule has 3 rings (SSSR count). The Hall–Kier alpha value is -2.78. The van der Waals surface area contributed by atoms with Crippen LogP contribution in [-0.2, 0) is 14.6 Å². The normalized spacial score (nSPS) is 17.7. The minimum atomic E-state index is -3.41. The Morgan fingerprint density at radius 1 is 1.10 bits per heavy atom. The van der Waals surface area contributed by atoms with Crippen molar-refractivity contribution in [2.24, 2.45) is 0 Å². The molecule has 1 aliphatic rings. The lowest BCUT2D eigenvalue weighted by atomic mass is 10.1. The van der Waals surface area contributed by atoms with Crippen molar-refractivity contribution in [1.82, 2.24) is 20.1 Å². The van der Waals surface area contributed by atoms with Gasteiger partial charge in [0.25, 0.3) is 5.91 Å². The minimum Gasteiger partial charge on any atom is -0.357 e.